The van der Waals surface area contributed by atoms with Crippen LogP contribution >= 0.6 is 0 Å². The lowest BCUT2D eigenvalue weighted by Crippen LogP contribution is -2.11. The number of hydrogen-bond acceptors (Lipinski definition) is 3. The van der Waals surface area contributed by atoms with Gasteiger partial charge in [0.25, 0.3) is 0 Å². The number of anilines is 1. The maximum absolute atomic E-state index is 10.3. The molecule has 1 atom stereocenters. The maximum Gasteiger partial charge on any atom is 0.117 e. The minimum atomic E-state index is -0.609. The highest BCUT2D eigenvalue weighted by Gasteiger charge is 2.08. The quantitative estimate of drug-likeness (QED) is 0.662. The summed E-state index contributed by atoms with van der Waals surface area (Å²) in [7, 11) is 0. The van der Waals surface area contributed by atoms with Gasteiger partial charge < -0.3 is 15.5 Å². The average molecular weight is 305 g/mol. The van der Waals surface area contributed by atoms with E-state index in [1.165, 1.54) is 0 Å². The Hall–Kier alpha value is -2.78. The van der Waals surface area contributed by atoms with Crippen molar-refractivity contribution in [3.8, 4) is 16.9 Å². The van der Waals surface area contributed by atoms with Crippen LogP contribution in [0.2, 0.25) is 0 Å². The predicted octanol–water partition coefficient (Wildman–Crippen LogP) is 4.20. The van der Waals surface area contributed by atoms with E-state index in [0.29, 0.717) is 6.54 Å². The topological polar surface area (TPSA) is 52.5 Å². The highest BCUT2D eigenvalue weighted by Crippen LogP contribution is 2.22. The fourth-order valence-corrected chi connectivity index (χ4v) is 2.48. The van der Waals surface area contributed by atoms with Crippen molar-refractivity contribution in [2.45, 2.75) is 6.10 Å². The summed E-state index contributed by atoms with van der Waals surface area (Å²) in [6.45, 7) is 0.383. The first-order valence-electron chi connectivity index (χ1n) is 7.59. The lowest BCUT2D eigenvalue weighted by molar-refractivity contribution is 0.191. The number of rotatable bonds is 5. The smallest absolute Gasteiger partial charge is 0.117 e. The second kappa shape index (κ2) is 6.99. The summed E-state index contributed by atoms with van der Waals surface area (Å²) < 4.78 is 0. The fourth-order valence-electron chi connectivity index (χ4n) is 2.48. The molecular weight excluding hydrogens is 286 g/mol. The number of aliphatic hydroxyl groups excluding tert-OH is 1. The molecule has 0 saturated carbocycles. The molecule has 0 amide bonds. The number of nitrogens with one attached hydrogen (secondary N) is 1. The van der Waals surface area contributed by atoms with E-state index in [9.17, 15) is 10.2 Å². The highest BCUT2D eigenvalue weighted by molar-refractivity contribution is 5.63. The molecule has 0 aliphatic heterocycles. The molecule has 23 heavy (non-hydrogen) atoms. The Labute approximate surface area is 135 Å². The van der Waals surface area contributed by atoms with Crippen molar-refractivity contribution in [3.63, 3.8) is 0 Å². The van der Waals surface area contributed by atoms with E-state index in [-0.39, 0.29) is 5.75 Å². The van der Waals surface area contributed by atoms with Gasteiger partial charge in [-0.1, -0.05) is 60.7 Å². The summed E-state index contributed by atoms with van der Waals surface area (Å²) in [5.74, 6) is 0.205. The van der Waals surface area contributed by atoms with Crippen molar-refractivity contribution in [2.75, 3.05) is 11.9 Å². The van der Waals surface area contributed by atoms with Gasteiger partial charge in [0.05, 0.1) is 6.10 Å². The lowest BCUT2D eigenvalue weighted by atomic mass is 10.0. The summed E-state index contributed by atoms with van der Waals surface area (Å²) in [5.41, 5.74) is 3.93. The van der Waals surface area contributed by atoms with E-state index in [1.807, 2.05) is 48.5 Å². The number of phenols is 1. The number of phenolic OH excluding ortho intramolecular Hbond substituents is 1. The monoisotopic (exact) mass is 305 g/mol. The molecule has 0 saturated heterocycles. The molecule has 116 valence electrons. The molecule has 3 heteroatoms. The van der Waals surface area contributed by atoms with Crippen molar-refractivity contribution in [1.29, 1.82) is 0 Å². The first-order chi connectivity index (χ1) is 11.2. The third kappa shape index (κ3) is 3.90. The Balaban J connectivity index is 1.65. The third-order valence-corrected chi connectivity index (χ3v) is 3.75. The first kappa shape index (κ1) is 15.1. The number of aliphatic hydroxyl groups is 1. The molecule has 0 heterocycles. The summed E-state index contributed by atoms with van der Waals surface area (Å²) in [4.78, 5) is 0. The Morgan fingerprint density at radius 3 is 2.17 bits per heavy atom. The van der Waals surface area contributed by atoms with Crippen LogP contribution in [0.1, 0.15) is 11.7 Å². The minimum Gasteiger partial charge on any atom is -0.508 e. The first-order valence-corrected chi connectivity index (χ1v) is 7.59. The predicted molar refractivity (Wildman–Crippen MR) is 93.4 cm³/mol. The van der Waals surface area contributed by atoms with Crippen LogP contribution in [0, 0.1) is 0 Å². The van der Waals surface area contributed by atoms with Gasteiger partial charge in [0, 0.05) is 18.3 Å². The van der Waals surface area contributed by atoms with Gasteiger partial charge >= 0.3 is 0 Å². The molecular formula is C20H19NO2. The zero-order valence-corrected chi connectivity index (χ0v) is 12.7. The molecule has 0 aromatic heterocycles. The van der Waals surface area contributed by atoms with Crippen molar-refractivity contribution in [3.05, 3.63) is 84.4 Å². The van der Waals surface area contributed by atoms with Crippen molar-refractivity contribution in [1.82, 2.24) is 0 Å². The van der Waals surface area contributed by atoms with Crippen molar-refractivity contribution < 1.29 is 10.2 Å². The zero-order valence-electron chi connectivity index (χ0n) is 12.7. The van der Waals surface area contributed by atoms with Gasteiger partial charge in [-0.3, -0.25) is 0 Å². The molecule has 0 radical (unpaired) electrons. The van der Waals surface area contributed by atoms with Crippen molar-refractivity contribution >= 4 is 5.69 Å². The highest BCUT2D eigenvalue weighted by atomic mass is 16.3. The van der Waals surface area contributed by atoms with Gasteiger partial charge in [-0.05, 0) is 28.8 Å². The van der Waals surface area contributed by atoms with Crippen molar-refractivity contribution in [2.24, 2.45) is 0 Å². The second-order valence-electron chi connectivity index (χ2n) is 5.44. The lowest BCUT2D eigenvalue weighted by Gasteiger charge is -2.14. The Bertz CT molecular complexity index is 754. The van der Waals surface area contributed by atoms with Crippen LogP contribution in [0.25, 0.3) is 11.1 Å². The van der Waals surface area contributed by atoms with Crippen LogP contribution in [-0.4, -0.2) is 16.8 Å². The summed E-state index contributed by atoms with van der Waals surface area (Å²) in [6.07, 6.45) is -0.609. The van der Waals surface area contributed by atoms with E-state index in [4.69, 9.17) is 0 Å². The fraction of sp³-hybridized carbons (Fsp3) is 0.100. The molecule has 0 aliphatic carbocycles. The third-order valence-electron chi connectivity index (χ3n) is 3.75. The maximum atomic E-state index is 10.3. The molecule has 0 fully saturated rings. The van der Waals surface area contributed by atoms with Crippen LogP contribution in [-0.2, 0) is 0 Å². The molecule has 0 bridgehead atoms. The molecule has 0 aliphatic rings. The zero-order chi connectivity index (χ0) is 16.1. The second-order valence-corrected chi connectivity index (χ2v) is 5.44. The van der Waals surface area contributed by atoms with Crippen LogP contribution in [0.4, 0.5) is 5.69 Å². The largest absolute Gasteiger partial charge is 0.508 e. The number of benzene rings is 3. The van der Waals surface area contributed by atoms with E-state index in [1.54, 1.807) is 18.2 Å². The van der Waals surface area contributed by atoms with E-state index in [0.717, 1.165) is 22.4 Å². The van der Waals surface area contributed by atoms with Gasteiger partial charge in [0.2, 0.25) is 0 Å². The van der Waals surface area contributed by atoms with Crippen LogP contribution in [0.15, 0.2) is 78.9 Å². The van der Waals surface area contributed by atoms with E-state index in [2.05, 4.69) is 17.4 Å². The molecule has 0 spiro atoms. The van der Waals surface area contributed by atoms with Gasteiger partial charge in [-0.2, -0.15) is 0 Å². The molecule has 3 rings (SSSR count). The van der Waals surface area contributed by atoms with Crippen LogP contribution < -0.4 is 5.32 Å². The Kier molecular flexibility index (Phi) is 4.60. The molecule has 3 aromatic rings. The van der Waals surface area contributed by atoms with Gasteiger partial charge in [0.1, 0.15) is 5.75 Å². The molecule has 3 N–H and O–H groups in total. The van der Waals surface area contributed by atoms with Gasteiger partial charge in [0.15, 0.2) is 0 Å². The molecule has 3 aromatic carbocycles. The summed E-state index contributed by atoms with van der Waals surface area (Å²) in [6, 6.07) is 24.9. The number of aromatic hydroxyl groups is 1. The standard InChI is InChI=1S/C20H19NO2/c22-19-8-4-7-18(13-19)21-14-20(23)17-11-9-16(10-12-17)15-5-2-1-3-6-15/h1-13,20-23H,14H2. The van der Waals surface area contributed by atoms with E-state index < -0.39 is 6.10 Å². The molecule has 3 nitrogen and oxygen atoms in total. The summed E-state index contributed by atoms with van der Waals surface area (Å²) in [5, 5.41) is 22.8. The van der Waals surface area contributed by atoms with Gasteiger partial charge in [-0.25, -0.2) is 0 Å². The molecule has 1 unspecified atom stereocenters. The minimum absolute atomic E-state index is 0.205. The van der Waals surface area contributed by atoms with Crippen LogP contribution in [0.3, 0.4) is 0 Å². The normalized spacial score (nSPS) is 11.9. The Morgan fingerprint density at radius 2 is 1.48 bits per heavy atom. The SMILES string of the molecule is Oc1cccc(NCC(O)c2ccc(-c3ccccc3)cc2)c1. The van der Waals surface area contributed by atoms with Crippen LogP contribution in [0.5, 0.6) is 5.75 Å². The summed E-state index contributed by atoms with van der Waals surface area (Å²) >= 11 is 0. The average Bonchev–Trinajstić information content (AvgIpc) is 2.61. The Morgan fingerprint density at radius 1 is 0.783 bits per heavy atom. The van der Waals surface area contributed by atoms with Gasteiger partial charge in [-0.15, -0.1) is 0 Å². The van der Waals surface area contributed by atoms with E-state index >= 15 is 0 Å². The number of hydrogen-bond donors (Lipinski definition) is 3.